The topological polar surface area (TPSA) is 35.3 Å². The lowest BCUT2D eigenvalue weighted by Crippen LogP contribution is -2.04. The van der Waals surface area contributed by atoms with Gasteiger partial charge in [-0.25, -0.2) is 4.39 Å². The van der Waals surface area contributed by atoms with E-state index in [1.807, 2.05) is 0 Å². The highest BCUT2D eigenvalue weighted by Crippen LogP contribution is 2.35. The Morgan fingerprint density at radius 2 is 1.94 bits per heavy atom. The van der Waals surface area contributed by atoms with Gasteiger partial charge in [0.1, 0.15) is 11.6 Å². The predicted molar refractivity (Wildman–Crippen MR) is 53.5 cm³/mol. The van der Waals surface area contributed by atoms with Crippen molar-refractivity contribution in [2.24, 2.45) is 0 Å². The third kappa shape index (κ3) is 2.29. The monoisotopic (exact) mass is 261 g/mol. The molecule has 0 aliphatic carbocycles. The zero-order valence-electron chi connectivity index (χ0n) is 9.08. The van der Waals surface area contributed by atoms with Crippen LogP contribution in [0.1, 0.15) is 5.69 Å². The number of ether oxygens (including phenoxy) is 1. The van der Waals surface area contributed by atoms with Crippen molar-refractivity contribution in [3.05, 3.63) is 35.8 Å². The fourth-order valence-electron chi connectivity index (χ4n) is 1.41. The molecule has 0 aliphatic rings. The molecule has 1 heterocycles. The minimum Gasteiger partial charge on any atom is -0.496 e. The summed E-state index contributed by atoms with van der Waals surface area (Å²) in [5.41, 5.74) is -1.11. The Morgan fingerprint density at radius 1 is 1.22 bits per heavy atom. The lowest BCUT2D eigenvalue weighted by atomic mass is 10.1. The van der Waals surface area contributed by atoms with E-state index in [0.717, 1.165) is 12.1 Å². The van der Waals surface area contributed by atoms with E-state index in [9.17, 15) is 17.6 Å². The first-order chi connectivity index (χ1) is 8.41. The van der Waals surface area contributed by atoms with Crippen LogP contribution in [0.2, 0.25) is 0 Å². The summed E-state index contributed by atoms with van der Waals surface area (Å²) in [6, 6.07) is 4.13. The second-order valence-corrected chi connectivity index (χ2v) is 3.42. The molecule has 2 rings (SSSR count). The van der Waals surface area contributed by atoms with Crippen molar-refractivity contribution in [1.29, 1.82) is 0 Å². The van der Waals surface area contributed by atoms with E-state index in [0.29, 0.717) is 6.07 Å². The maximum atomic E-state index is 13.1. The summed E-state index contributed by atoms with van der Waals surface area (Å²) in [6.07, 6.45) is -4.61. The van der Waals surface area contributed by atoms with E-state index >= 15 is 0 Å². The molecule has 1 aromatic carbocycles. The maximum Gasteiger partial charge on any atom is 0.436 e. The summed E-state index contributed by atoms with van der Waals surface area (Å²) in [5.74, 6) is -0.629. The number of methoxy groups -OCH3 is 1. The molecule has 1 aromatic heterocycles. The van der Waals surface area contributed by atoms with Gasteiger partial charge in [-0.2, -0.15) is 13.2 Å². The molecule has 0 bridgehead atoms. The Kier molecular flexibility index (Phi) is 2.98. The number of benzene rings is 1. The number of rotatable bonds is 2. The Hall–Kier alpha value is -2.05. The number of alkyl halides is 3. The van der Waals surface area contributed by atoms with Crippen LogP contribution in [-0.2, 0) is 6.18 Å². The lowest BCUT2D eigenvalue weighted by Gasteiger charge is -2.04. The smallest absolute Gasteiger partial charge is 0.436 e. The molecular formula is C11H7F4NO2. The minimum atomic E-state index is -4.61. The van der Waals surface area contributed by atoms with Crippen molar-refractivity contribution in [2.45, 2.75) is 6.18 Å². The van der Waals surface area contributed by atoms with E-state index in [1.165, 1.54) is 13.2 Å². The second kappa shape index (κ2) is 4.32. The van der Waals surface area contributed by atoms with E-state index < -0.39 is 17.7 Å². The van der Waals surface area contributed by atoms with Crippen LogP contribution in [0, 0.1) is 5.82 Å². The van der Waals surface area contributed by atoms with Crippen molar-refractivity contribution in [3.63, 3.8) is 0 Å². The second-order valence-electron chi connectivity index (χ2n) is 3.42. The van der Waals surface area contributed by atoms with Crippen LogP contribution in [-0.4, -0.2) is 12.3 Å². The number of halogens is 4. The molecule has 0 radical (unpaired) electrons. The zero-order valence-corrected chi connectivity index (χ0v) is 9.08. The van der Waals surface area contributed by atoms with Gasteiger partial charge in [-0.05, 0) is 18.2 Å². The summed E-state index contributed by atoms with van der Waals surface area (Å²) in [5, 5.41) is 2.89. The van der Waals surface area contributed by atoms with E-state index in [2.05, 4.69) is 9.68 Å². The van der Waals surface area contributed by atoms with E-state index in [-0.39, 0.29) is 17.1 Å². The SMILES string of the molecule is COc1ccc(F)cc1-c1cc(C(F)(F)F)no1. The van der Waals surface area contributed by atoms with Gasteiger partial charge in [-0.1, -0.05) is 5.16 Å². The average Bonchev–Trinajstić information content (AvgIpc) is 2.77. The standard InChI is InChI=1S/C11H7F4NO2/c1-17-8-3-2-6(12)4-7(8)9-5-10(16-18-9)11(13,14)15/h2-5H,1H3. The quantitative estimate of drug-likeness (QED) is 0.776. The largest absolute Gasteiger partial charge is 0.496 e. The van der Waals surface area contributed by atoms with Gasteiger partial charge in [0.05, 0.1) is 12.7 Å². The minimum absolute atomic E-state index is 0.0699. The molecular weight excluding hydrogens is 254 g/mol. The fourth-order valence-corrected chi connectivity index (χ4v) is 1.41. The summed E-state index contributed by atoms with van der Waals surface area (Å²) in [7, 11) is 1.32. The first kappa shape index (κ1) is 12.4. The molecule has 0 atom stereocenters. The Bertz CT molecular complexity index is 562. The molecule has 96 valence electrons. The molecule has 7 heteroatoms. The predicted octanol–water partition coefficient (Wildman–Crippen LogP) is 3.51. The summed E-state index contributed by atoms with van der Waals surface area (Å²) >= 11 is 0. The lowest BCUT2D eigenvalue weighted by molar-refractivity contribution is -0.142. The zero-order chi connectivity index (χ0) is 13.3. The van der Waals surface area contributed by atoms with Crippen molar-refractivity contribution in [2.75, 3.05) is 7.11 Å². The van der Waals surface area contributed by atoms with Gasteiger partial charge < -0.3 is 9.26 Å². The summed E-state index contributed by atoms with van der Waals surface area (Å²) in [6.45, 7) is 0. The molecule has 3 nitrogen and oxygen atoms in total. The molecule has 0 aliphatic heterocycles. The summed E-state index contributed by atoms with van der Waals surface area (Å²) < 4.78 is 59.6. The molecule has 0 amide bonds. The van der Waals surface area contributed by atoms with Gasteiger partial charge in [0.25, 0.3) is 0 Å². The van der Waals surface area contributed by atoms with Gasteiger partial charge >= 0.3 is 6.18 Å². The molecule has 0 N–H and O–H groups in total. The van der Waals surface area contributed by atoms with Gasteiger partial charge in [0, 0.05) is 6.07 Å². The van der Waals surface area contributed by atoms with Crippen LogP contribution >= 0.6 is 0 Å². The summed E-state index contributed by atoms with van der Waals surface area (Å²) in [4.78, 5) is 0. The number of hydrogen-bond donors (Lipinski definition) is 0. The van der Waals surface area contributed by atoms with Gasteiger partial charge in [-0.15, -0.1) is 0 Å². The highest BCUT2D eigenvalue weighted by molar-refractivity contribution is 5.66. The van der Waals surface area contributed by atoms with Crippen molar-refractivity contribution in [1.82, 2.24) is 5.16 Å². The van der Waals surface area contributed by atoms with Crippen molar-refractivity contribution in [3.8, 4) is 17.1 Å². The highest BCUT2D eigenvalue weighted by Gasteiger charge is 2.35. The Labute approximate surface area is 99.0 Å². The Balaban J connectivity index is 2.49. The van der Waals surface area contributed by atoms with Crippen LogP contribution in [0.15, 0.2) is 28.8 Å². The van der Waals surface area contributed by atoms with Crippen LogP contribution in [0.5, 0.6) is 5.75 Å². The molecule has 2 aromatic rings. The van der Waals surface area contributed by atoms with Crippen molar-refractivity contribution < 1.29 is 26.8 Å². The number of nitrogens with zero attached hydrogens (tertiary/aromatic N) is 1. The molecule has 18 heavy (non-hydrogen) atoms. The van der Waals surface area contributed by atoms with Crippen LogP contribution in [0.3, 0.4) is 0 Å². The maximum absolute atomic E-state index is 13.1. The number of hydrogen-bond acceptors (Lipinski definition) is 3. The van der Waals surface area contributed by atoms with Crippen LogP contribution in [0.4, 0.5) is 17.6 Å². The van der Waals surface area contributed by atoms with Crippen molar-refractivity contribution >= 4 is 0 Å². The first-order valence-corrected chi connectivity index (χ1v) is 4.79. The van der Waals surface area contributed by atoms with Gasteiger partial charge in [-0.3, -0.25) is 0 Å². The number of aromatic nitrogens is 1. The van der Waals surface area contributed by atoms with E-state index in [4.69, 9.17) is 4.74 Å². The molecule has 0 saturated heterocycles. The van der Waals surface area contributed by atoms with Crippen LogP contribution in [0.25, 0.3) is 11.3 Å². The van der Waals surface area contributed by atoms with Gasteiger partial charge in [0.2, 0.25) is 0 Å². The Morgan fingerprint density at radius 3 is 2.50 bits per heavy atom. The third-order valence-corrected chi connectivity index (χ3v) is 2.23. The van der Waals surface area contributed by atoms with E-state index in [1.54, 1.807) is 0 Å². The molecule has 0 spiro atoms. The fraction of sp³-hybridized carbons (Fsp3) is 0.182. The molecule has 0 fully saturated rings. The average molecular weight is 261 g/mol. The third-order valence-electron chi connectivity index (χ3n) is 2.23. The normalized spacial score (nSPS) is 11.6. The van der Waals surface area contributed by atoms with Gasteiger partial charge in [0.15, 0.2) is 11.5 Å². The molecule has 0 unspecified atom stereocenters. The first-order valence-electron chi connectivity index (χ1n) is 4.79. The molecule has 0 saturated carbocycles. The highest BCUT2D eigenvalue weighted by atomic mass is 19.4. The van der Waals surface area contributed by atoms with Crippen LogP contribution < -0.4 is 4.74 Å².